The molecule has 0 aromatic carbocycles. The van der Waals surface area contributed by atoms with Crippen LogP contribution in [0.25, 0.3) is 0 Å². The zero-order valence-corrected chi connectivity index (χ0v) is 20.5. The van der Waals surface area contributed by atoms with E-state index in [0.29, 0.717) is 35.5 Å². The zero-order valence-electron chi connectivity index (χ0n) is 20.5. The highest BCUT2D eigenvalue weighted by Gasteiger charge is 2.62. The lowest BCUT2D eigenvalue weighted by Crippen LogP contribution is -2.57. The summed E-state index contributed by atoms with van der Waals surface area (Å²) in [5, 5.41) is 32.3. The first kappa shape index (κ1) is 23.5. The summed E-state index contributed by atoms with van der Waals surface area (Å²) in [4.78, 5) is 0. The standard InChI is InChI=1S/C28H46O3/c1-16(2)17(3)7-8-18(4)19-9-10-20-25-21(11-13-27(19,20)5)28(6)14-12-23(29)26(31)22(28)15-24(25)30/h15-16,18-21,23-26,29-31H,3,7-14H2,1-2,4-6H3. The van der Waals surface area contributed by atoms with Gasteiger partial charge in [-0.2, -0.15) is 0 Å². The number of fused-ring (bicyclic) bond motifs is 5. The molecular weight excluding hydrogens is 384 g/mol. The molecule has 3 fully saturated rings. The van der Waals surface area contributed by atoms with Gasteiger partial charge in [0, 0.05) is 0 Å². The number of rotatable bonds is 5. The molecule has 3 nitrogen and oxygen atoms in total. The van der Waals surface area contributed by atoms with Crippen molar-refractivity contribution in [1.82, 2.24) is 0 Å². The third-order valence-corrected chi connectivity index (χ3v) is 10.7. The largest absolute Gasteiger partial charge is 0.390 e. The molecule has 0 heterocycles. The second-order valence-electron chi connectivity index (χ2n) is 12.4. The Morgan fingerprint density at radius 1 is 1.03 bits per heavy atom. The van der Waals surface area contributed by atoms with Gasteiger partial charge in [0.05, 0.1) is 12.2 Å². The summed E-state index contributed by atoms with van der Waals surface area (Å²) in [6, 6.07) is 0. The summed E-state index contributed by atoms with van der Waals surface area (Å²) in [6.07, 6.45) is 8.77. The van der Waals surface area contributed by atoms with Gasteiger partial charge in [0.1, 0.15) is 6.10 Å². The van der Waals surface area contributed by atoms with E-state index < -0.39 is 18.3 Å². The summed E-state index contributed by atoms with van der Waals surface area (Å²) in [5.41, 5.74) is 2.51. The fraction of sp³-hybridized carbons (Fsp3) is 0.857. The predicted octanol–water partition coefficient (Wildman–Crippen LogP) is 5.50. The monoisotopic (exact) mass is 430 g/mol. The van der Waals surface area contributed by atoms with Crippen molar-refractivity contribution in [3.05, 3.63) is 23.8 Å². The molecule has 10 unspecified atom stereocenters. The normalized spacial score (nSPS) is 47.9. The lowest BCUT2D eigenvalue weighted by atomic mass is 9.46. The SMILES string of the molecule is C=C(CCC(C)C1CCC2C3C(O)C=C4C(O)C(O)CCC4(C)C3CCC12C)C(C)C. The number of aliphatic hydroxyl groups is 3. The van der Waals surface area contributed by atoms with E-state index in [9.17, 15) is 15.3 Å². The Kier molecular flexibility index (Phi) is 6.29. The van der Waals surface area contributed by atoms with Crippen LogP contribution in [0.15, 0.2) is 23.8 Å². The fourth-order valence-corrected chi connectivity index (χ4v) is 8.57. The predicted molar refractivity (Wildman–Crippen MR) is 126 cm³/mol. The van der Waals surface area contributed by atoms with Gasteiger partial charge in [0.15, 0.2) is 0 Å². The van der Waals surface area contributed by atoms with Crippen LogP contribution in [0.1, 0.15) is 86.0 Å². The molecule has 3 N–H and O–H groups in total. The van der Waals surface area contributed by atoms with Crippen molar-refractivity contribution < 1.29 is 15.3 Å². The molecule has 4 aliphatic rings. The first-order valence-electron chi connectivity index (χ1n) is 12.9. The maximum atomic E-state index is 11.3. The average Bonchev–Trinajstić information content (AvgIpc) is 3.07. The first-order valence-corrected chi connectivity index (χ1v) is 12.9. The number of allylic oxidation sites excluding steroid dienone is 1. The second-order valence-corrected chi connectivity index (χ2v) is 12.4. The minimum Gasteiger partial charge on any atom is -0.390 e. The van der Waals surface area contributed by atoms with Gasteiger partial charge in [-0.15, -0.1) is 0 Å². The van der Waals surface area contributed by atoms with Crippen LogP contribution < -0.4 is 0 Å². The Morgan fingerprint density at radius 3 is 2.42 bits per heavy atom. The van der Waals surface area contributed by atoms with E-state index in [2.05, 4.69) is 41.2 Å². The van der Waals surface area contributed by atoms with Crippen molar-refractivity contribution >= 4 is 0 Å². The number of hydrogen-bond donors (Lipinski definition) is 3. The van der Waals surface area contributed by atoms with Crippen LogP contribution in [-0.4, -0.2) is 33.6 Å². The molecule has 176 valence electrons. The van der Waals surface area contributed by atoms with Gasteiger partial charge in [0.25, 0.3) is 0 Å². The highest BCUT2D eigenvalue weighted by atomic mass is 16.3. The van der Waals surface area contributed by atoms with Gasteiger partial charge in [-0.1, -0.05) is 52.8 Å². The van der Waals surface area contributed by atoms with Crippen molar-refractivity contribution in [3.8, 4) is 0 Å². The lowest BCUT2D eigenvalue weighted by molar-refractivity contribution is -0.112. The maximum Gasteiger partial charge on any atom is 0.101 e. The second kappa shape index (κ2) is 8.29. The van der Waals surface area contributed by atoms with Crippen molar-refractivity contribution in [2.75, 3.05) is 0 Å². The molecule has 4 aliphatic carbocycles. The minimum atomic E-state index is -0.812. The summed E-state index contributed by atoms with van der Waals surface area (Å²) in [5.74, 6) is 3.24. The van der Waals surface area contributed by atoms with Crippen LogP contribution in [0, 0.1) is 46.3 Å². The fourth-order valence-electron chi connectivity index (χ4n) is 8.57. The van der Waals surface area contributed by atoms with Gasteiger partial charge in [-0.3, -0.25) is 0 Å². The average molecular weight is 431 g/mol. The highest BCUT2D eigenvalue weighted by molar-refractivity contribution is 5.31. The quantitative estimate of drug-likeness (QED) is 0.505. The van der Waals surface area contributed by atoms with Gasteiger partial charge >= 0.3 is 0 Å². The molecule has 0 bridgehead atoms. The zero-order chi connectivity index (χ0) is 22.7. The van der Waals surface area contributed by atoms with Crippen LogP contribution in [0.3, 0.4) is 0 Å². The van der Waals surface area contributed by atoms with Gasteiger partial charge in [0.2, 0.25) is 0 Å². The summed E-state index contributed by atoms with van der Waals surface area (Å²) in [7, 11) is 0. The van der Waals surface area contributed by atoms with Crippen molar-refractivity contribution in [1.29, 1.82) is 0 Å². The number of hydrogen-bond acceptors (Lipinski definition) is 3. The summed E-state index contributed by atoms with van der Waals surface area (Å²) >= 11 is 0. The summed E-state index contributed by atoms with van der Waals surface area (Å²) in [6.45, 7) is 16.1. The Hall–Kier alpha value is -0.640. The van der Waals surface area contributed by atoms with Crippen LogP contribution in [0.2, 0.25) is 0 Å². The number of aliphatic hydroxyl groups excluding tert-OH is 3. The Bertz CT molecular complexity index is 726. The van der Waals surface area contributed by atoms with Gasteiger partial charge in [-0.05, 0) is 103 Å². The first-order chi connectivity index (χ1) is 14.5. The smallest absolute Gasteiger partial charge is 0.101 e. The molecular formula is C28H46O3. The van der Waals surface area contributed by atoms with E-state index in [-0.39, 0.29) is 11.3 Å². The van der Waals surface area contributed by atoms with E-state index >= 15 is 0 Å². The van der Waals surface area contributed by atoms with E-state index in [1.54, 1.807) is 0 Å². The van der Waals surface area contributed by atoms with E-state index in [4.69, 9.17) is 0 Å². The Labute approximate surface area is 190 Å². The summed E-state index contributed by atoms with van der Waals surface area (Å²) < 4.78 is 0. The molecule has 31 heavy (non-hydrogen) atoms. The van der Waals surface area contributed by atoms with Gasteiger partial charge < -0.3 is 15.3 Å². The Morgan fingerprint density at radius 2 is 1.74 bits per heavy atom. The van der Waals surface area contributed by atoms with Crippen molar-refractivity contribution in [3.63, 3.8) is 0 Å². The Balaban J connectivity index is 1.56. The molecule has 3 saturated carbocycles. The maximum absolute atomic E-state index is 11.3. The van der Waals surface area contributed by atoms with Crippen molar-refractivity contribution in [2.45, 2.75) is 104 Å². The van der Waals surface area contributed by atoms with E-state index in [1.165, 1.54) is 31.3 Å². The van der Waals surface area contributed by atoms with E-state index in [1.807, 2.05) is 6.08 Å². The molecule has 0 aliphatic heterocycles. The molecule has 0 radical (unpaired) electrons. The molecule has 0 amide bonds. The topological polar surface area (TPSA) is 60.7 Å². The van der Waals surface area contributed by atoms with E-state index in [0.717, 1.165) is 30.8 Å². The molecule has 0 aromatic heterocycles. The third kappa shape index (κ3) is 3.67. The molecule has 0 aromatic rings. The third-order valence-electron chi connectivity index (χ3n) is 10.7. The van der Waals surface area contributed by atoms with Crippen LogP contribution in [0.4, 0.5) is 0 Å². The molecule has 3 heteroatoms. The molecule has 0 spiro atoms. The molecule has 0 saturated heterocycles. The van der Waals surface area contributed by atoms with Crippen LogP contribution in [0.5, 0.6) is 0 Å². The van der Waals surface area contributed by atoms with Gasteiger partial charge in [-0.25, -0.2) is 0 Å². The minimum absolute atomic E-state index is 0.0808. The molecule has 10 atom stereocenters. The van der Waals surface area contributed by atoms with Crippen LogP contribution >= 0.6 is 0 Å². The highest BCUT2D eigenvalue weighted by Crippen LogP contribution is 2.67. The van der Waals surface area contributed by atoms with Crippen LogP contribution in [-0.2, 0) is 0 Å². The van der Waals surface area contributed by atoms with Crippen molar-refractivity contribution in [2.24, 2.45) is 46.3 Å². The lowest BCUT2D eigenvalue weighted by Gasteiger charge is -2.60. The molecule has 4 rings (SSSR count).